The topological polar surface area (TPSA) is 54.9 Å². The first-order valence-electron chi connectivity index (χ1n) is 8.51. The summed E-state index contributed by atoms with van der Waals surface area (Å²) in [7, 11) is 5.05. The lowest BCUT2D eigenvalue weighted by atomic mass is 10.2. The van der Waals surface area contributed by atoms with Crippen LogP contribution >= 0.6 is 11.8 Å². The molecule has 2 aromatic rings. The van der Waals surface area contributed by atoms with E-state index in [1.54, 1.807) is 21.3 Å². The number of guanidine groups is 1. The van der Waals surface area contributed by atoms with E-state index in [4.69, 9.17) is 9.47 Å². The van der Waals surface area contributed by atoms with Gasteiger partial charge in [-0.05, 0) is 36.8 Å². The normalized spacial score (nSPS) is 11.2. The molecule has 0 aromatic heterocycles. The fourth-order valence-corrected chi connectivity index (χ4v) is 3.14. The number of nitrogens with one attached hydrogen (secondary N) is 2. The molecule has 0 aliphatic rings. The first-order chi connectivity index (χ1) is 12.7. The highest BCUT2D eigenvalue weighted by Gasteiger charge is 2.05. The quantitative estimate of drug-likeness (QED) is 0.321. The van der Waals surface area contributed by atoms with Gasteiger partial charge in [-0.25, -0.2) is 0 Å². The minimum absolute atomic E-state index is 0.658. The summed E-state index contributed by atoms with van der Waals surface area (Å²) >= 11 is 1.83. The van der Waals surface area contributed by atoms with E-state index in [9.17, 15) is 0 Å². The predicted octanol–water partition coefficient (Wildman–Crippen LogP) is 3.47. The Morgan fingerprint density at radius 1 is 1.00 bits per heavy atom. The number of nitrogens with zero attached hydrogens (tertiary/aromatic N) is 1. The summed E-state index contributed by atoms with van der Waals surface area (Å²) in [5.41, 5.74) is 2.38. The van der Waals surface area contributed by atoms with Gasteiger partial charge in [0.25, 0.3) is 0 Å². The fourth-order valence-electron chi connectivity index (χ4n) is 2.37. The standard InChI is InChI=1S/C20H27N3O2S/c1-15-5-8-17(9-6-15)26-12-11-22-20(21-2)23-14-16-7-10-18(24-3)19(13-16)25-4/h5-10,13H,11-12,14H2,1-4H3,(H2,21,22,23). The zero-order chi connectivity index (χ0) is 18.8. The van der Waals surface area contributed by atoms with Gasteiger partial charge < -0.3 is 20.1 Å². The minimum atomic E-state index is 0.658. The molecule has 2 aromatic carbocycles. The number of rotatable bonds is 8. The van der Waals surface area contributed by atoms with E-state index in [-0.39, 0.29) is 0 Å². The van der Waals surface area contributed by atoms with Crippen LogP contribution in [0.2, 0.25) is 0 Å². The van der Waals surface area contributed by atoms with Crippen molar-refractivity contribution < 1.29 is 9.47 Å². The van der Waals surface area contributed by atoms with Crippen LogP contribution < -0.4 is 20.1 Å². The van der Waals surface area contributed by atoms with Crippen molar-refractivity contribution >= 4 is 17.7 Å². The highest BCUT2D eigenvalue weighted by molar-refractivity contribution is 7.99. The third-order valence-corrected chi connectivity index (χ3v) is 4.83. The van der Waals surface area contributed by atoms with Crippen LogP contribution in [0.25, 0.3) is 0 Å². The molecule has 2 N–H and O–H groups in total. The second-order valence-electron chi connectivity index (χ2n) is 5.70. The number of hydrogen-bond donors (Lipinski definition) is 2. The first kappa shape index (κ1) is 20.0. The molecule has 0 amide bonds. The van der Waals surface area contributed by atoms with Crippen LogP contribution in [0.5, 0.6) is 11.5 Å². The summed E-state index contributed by atoms with van der Waals surface area (Å²) in [6.45, 7) is 3.60. The van der Waals surface area contributed by atoms with E-state index in [1.165, 1.54) is 10.5 Å². The Labute approximate surface area is 160 Å². The molecule has 0 bridgehead atoms. The molecule has 0 heterocycles. The number of benzene rings is 2. The average Bonchev–Trinajstić information content (AvgIpc) is 2.68. The van der Waals surface area contributed by atoms with Gasteiger partial charge in [-0.3, -0.25) is 4.99 Å². The smallest absolute Gasteiger partial charge is 0.191 e. The Morgan fingerprint density at radius 3 is 2.38 bits per heavy atom. The molecular weight excluding hydrogens is 346 g/mol. The molecule has 5 nitrogen and oxygen atoms in total. The second kappa shape index (κ2) is 10.6. The van der Waals surface area contributed by atoms with Crippen molar-refractivity contribution in [1.82, 2.24) is 10.6 Å². The lowest BCUT2D eigenvalue weighted by Gasteiger charge is -2.13. The molecule has 0 unspecified atom stereocenters. The van der Waals surface area contributed by atoms with Gasteiger partial charge in [0, 0.05) is 30.8 Å². The lowest BCUT2D eigenvalue weighted by molar-refractivity contribution is 0.354. The highest BCUT2D eigenvalue weighted by Crippen LogP contribution is 2.27. The molecule has 6 heteroatoms. The maximum absolute atomic E-state index is 5.34. The monoisotopic (exact) mass is 373 g/mol. The Bertz CT molecular complexity index is 717. The molecule has 0 aliphatic carbocycles. The Balaban J connectivity index is 1.76. The van der Waals surface area contributed by atoms with Crippen LogP contribution in [0, 0.1) is 6.92 Å². The molecule has 2 rings (SSSR count). The number of hydrogen-bond acceptors (Lipinski definition) is 4. The maximum Gasteiger partial charge on any atom is 0.191 e. The van der Waals surface area contributed by atoms with Crippen molar-refractivity contribution in [3.8, 4) is 11.5 Å². The summed E-state index contributed by atoms with van der Waals surface area (Å²) in [6.07, 6.45) is 0. The van der Waals surface area contributed by atoms with Gasteiger partial charge in [0.05, 0.1) is 14.2 Å². The zero-order valence-corrected chi connectivity index (χ0v) is 16.7. The number of methoxy groups -OCH3 is 2. The molecule has 0 aliphatic heterocycles. The number of ether oxygens (including phenoxy) is 2. The number of aryl methyl sites for hydroxylation is 1. The SMILES string of the molecule is CN=C(NCCSc1ccc(C)cc1)NCc1ccc(OC)c(OC)c1. The van der Waals surface area contributed by atoms with Gasteiger partial charge in [-0.1, -0.05) is 23.8 Å². The van der Waals surface area contributed by atoms with Gasteiger partial charge in [0.15, 0.2) is 17.5 Å². The molecular formula is C20H27N3O2S. The molecule has 0 saturated carbocycles. The van der Waals surface area contributed by atoms with Crippen LogP contribution in [0.1, 0.15) is 11.1 Å². The maximum atomic E-state index is 5.34. The van der Waals surface area contributed by atoms with Crippen molar-refractivity contribution in [2.24, 2.45) is 4.99 Å². The molecule has 26 heavy (non-hydrogen) atoms. The van der Waals surface area contributed by atoms with Crippen molar-refractivity contribution in [3.05, 3.63) is 53.6 Å². The molecule has 0 radical (unpaired) electrons. The van der Waals surface area contributed by atoms with Crippen molar-refractivity contribution in [2.45, 2.75) is 18.4 Å². The van der Waals surface area contributed by atoms with Crippen LogP contribution in [0.4, 0.5) is 0 Å². The first-order valence-corrected chi connectivity index (χ1v) is 9.49. The lowest BCUT2D eigenvalue weighted by Crippen LogP contribution is -2.37. The molecule has 0 saturated heterocycles. The van der Waals surface area contributed by atoms with Crippen LogP contribution in [0.15, 0.2) is 52.4 Å². The van der Waals surface area contributed by atoms with Crippen LogP contribution in [-0.2, 0) is 6.54 Å². The van der Waals surface area contributed by atoms with Crippen molar-refractivity contribution in [2.75, 3.05) is 33.6 Å². The molecule has 0 spiro atoms. The summed E-state index contributed by atoms with van der Waals surface area (Å²) < 4.78 is 10.6. The summed E-state index contributed by atoms with van der Waals surface area (Å²) in [6, 6.07) is 14.5. The third kappa shape index (κ3) is 6.19. The fraction of sp³-hybridized carbons (Fsp3) is 0.350. The summed E-state index contributed by atoms with van der Waals surface area (Å²) in [5, 5.41) is 6.65. The Kier molecular flexibility index (Phi) is 8.15. The Morgan fingerprint density at radius 2 is 1.73 bits per heavy atom. The third-order valence-electron chi connectivity index (χ3n) is 3.82. The Hall–Kier alpha value is -2.34. The van der Waals surface area contributed by atoms with E-state index < -0.39 is 0 Å². The van der Waals surface area contributed by atoms with Gasteiger partial charge in [0.2, 0.25) is 0 Å². The minimum Gasteiger partial charge on any atom is -0.493 e. The van der Waals surface area contributed by atoms with Crippen molar-refractivity contribution in [3.63, 3.8) is 0 Å². The highest BCUT2D eigenvalue weighted by atomic mass is 32.2. The average molecular weight is 374 g/mol. The molecule has 140 valence electrons. The van der Waals surface area contributed by atoms with Crippen LogP contribution in [-0.4, -0.2) is 39.5 Å². The van der Waals surface area contributed by atoms with E-state index in [0.29, 0.717) is 6.54 Å². The molecule has 0 atom stereocenters. The number of aliphatic imine (C=N–C) groups is 1. The van der Waals surface area contributed by atoms with E-state index >= 15 is 0 Å². The van der Waals surface area contributed by atoms with E-state index in [2.05, 4.69) is 46.8 Å². The van der Waals surface area contributed by atoms with Gasteiger partial charge in [-0.2, -0.15) is 0 Å². The largest absolute Gasteiger partial charge is 0.493 e. The van der Waals surface area contributed by atoms with Gasteiger partial charge >= 0.3 is 0 Å². The van der Waals surface area contributed by atoms with Crippen LogP contribution in [0.3, 0.4) is 0 Å². The van der Waals surface area contributed by atoms with Crippen molar-refractivity contribution in [1.29, 1.82) is 0 Å². The number of thioether (sulfide) groups is 1. The second-order valence-corrected chi connectivity index (χ2v) is 6.87. The predicted molar refractivity (Wildman–Crippen MR) is 110 cm³/mol. The summed E-state index contributed by atoms with van der Waals surface area (Å²) in [5.74, 6) is 3.21. The van der Waals surface area contributed by atoms with Gasteiger partial charge in [0.1, 0.15) is 0 Å². The zero-order valence-electron chi connectivity index (χ0n) is 15.8. The van der Waals surface area contributed by atoms with E-state index in [1.807, 2.05) is 30.0 Å². The molecule has 0 fully saturated rings. The summed E-state index contributed by atoms with van der Waals surface area (Å²) in [4.78, 5) is 5.55. The van der Waals surface area contributed by atoms with Gasteiger partial charge in [-0.15, -0.1) is 11.8 Å². The van der Waals surface area contributed by atoms with E-state index in [0.717, 1.165) is 35.3 Å².